The number of rotatable bonds is 4. The number of hydrogen-bond acceptors (Lipinski definition) is 2. The molecule has 2 heteroatoms. The van der Waals surface area contributed by atoms with Crippen LogP contribution in [-0.2, 0) is 11.2 Å². The average Bonchev–Trinajstić information content (AvgIpc) is 2.65. The second-order valence-corrected chi connectivity index (χ2v) is 3.31. The molecule has 1 aliphatic carbocycles. The molecule has 74 valence electrons. The predicted molar refractivity (Wildman–Crippen MR) is 56.6 cm³/mol. The van der Waals surface area contributed by atoms with Gasteiger partial charge in [0.2, 0.25) is 0 Å². The second-order valence-electron chi connectivity index (χ2n) is 3.31. The van der Waals surface area contributed by atoms with Crippen LogP contribution in [0.5, 0.6) is 5.75 Å². The largest absolute Gasteiger partial charge is 0.491 e. The SMILES string of the molecule is COCCOc1ccc2c(c1)CC=C2. The molecule has 2 nitrogen and oxygen atoms in total. The number of methoxy groups -OCH3 is 1. The standard InChI is InChI=1S/C12H14O2/c1-13-7-8-14-12-6-5-10-3-2-4-11(10)9-12/h2-3,5-6,9H,4,7-8H2,1H3. The average molecular weight is 190 g/mol. The van der Waals surface area contributed by atoms with Crippen molar-refractivity contribution >= 4 is 6.08 Å². The zero-order chi connectivity index (χ0) is 9.80. The predicted octanol–water partition coefficient (Wildman–Crippen LogP) is 2.28. The third-order valence-corrected chi connectivity index (χ3v) is 2.31. The Morgan fingerprint density at radius 3 is 3.07 bits per heavy atom. The first kappa shape index (κ1) is 9.28. The number of fused-ring (bicyclic) bond motifs is 1. The summed E-state index contributed by atoms with van der Waals surface area (Å²) in [6, 6.07) is 6.20. The number of hydrogen-bond donors (Lipinski definition) is 0. The fourth-order valence-corrected chi connectivity index (χ4v) is 1.57. The van der Waals surface area contributed by atoms with Crippen LogP contribution in [0.25, 0.3) is 6.08 Å². The molecule has 0 amide bonds. The van der Waals surface area contributed by atoms with Crippen molar-refractivity contribution in [2.24, 2.45) is 0 Å². The van der Waals surface area contributed by atoms with E-state index in [-0.39, 0.29) is 0 Å². The van der Waals surface area contributed by atoms with Crippen LogP contribution in [-0.4, -0.2) is 20.3 Å². The van der Waals surface area contributed by atoms with Crippen LogP contribution in [0.15, 0.2) is 24.3 Å². The van der Waals surface area contributed by atoms with Gasteiger partial charge < -0.3 is 9.47 Å². The molecule has 0 heterocycles. The summed E-state index contributed by atoms with van der Waals surface area (Å²) in [7, 11) is 1.68. The highest BCUT2D eigenvalue weighted by atomic mass is 16.5. The van der Waals surface area contributed by atoms with E-state index >= 15 is 0 Å². The first-order chi connectivity index (χ1) is 6.90. The Morgan fingerprint density at radius 1 is 1.29 bits per heavy atom. The molecule has 0 fully saturated rings. The van der Waals surface area contributed by atoms with Crippen molar-refractivity contribution in [3.05, 3.63) is 35.4 Å². The van der Waals surface area contributed by atoms with Gasteiger partial charge >= 0.3 is 0 Å². The maximum absolute atomic E-state index is 5.52. The van der Waals surface area contributed by atoms with Crippen molar-refractivity contribution in [1.29, 1.82) is 0 Å². The fraction of sp³-hybridized carbons (Fsp3) is 0.333. The zero-order valence-electron chi connectivity index (χ0n) is 8.32. The van der Waals surface area contributed by atoms with Crippen LogP contribution in [0.3, 0.4) is 0 Å². The third kappa shape index (κ3) is 1.96. The van der Waals surface area contributed by atoms with Crippen LogP contribution in [0.1, 0.15) is 11.1 Å². The van der Waals surface area contributed by atoms with Gasteiger partial charge in [0.1, 0.15) is 12.4 Å². The van der Waals surface area contributed by atoms with E-state index in [4.69, 9.17) is 9.47 Å². The summed E-state index contributed by atoms with van der Waals surface area (Å²) in [6.45, 7) is 1.25. The lowest BCUT2D eigenvalue weighted by Crippen LogP contribution is -2.04. The molecule has 0 aliphatic heterocycles. The van der Waals surface area contributed by atoms with E-state index in [1.165, 1.54) is 11.1 Å². The molecule has 2 rings (SSSR count). The van der Waals surface area contributed by atoms with Crippen LogP contribution < -0.4 is 4.74 Å². The molecule has 0 radical (unpaired) electrons. The van der Waals surface area contributed by atoms with E-state index < -0.39 is 0 Å². The highest BCUT2D eigenvalue weighted by Gasteiger charge is 2.05. The van der Waals surface area contributed by atoms with Gasteiger partial charge in [-0.15, -0.1) is 0 Å². The molecule has 0 unspecified atom stereocenters. The van der Waals surface area contributed by atoms with Gasteiger partial charge in [-0.05, 0) is 29.7 Å². The Labute approximate surface area is 84.2 Å². The van der Waals surface area contributed by atoms with Crippen molar-refractivity contribution in [2.75, 3.05) is 20.3 Å². The van der Waals surface area contributed by atoms with Gasteiger partial charge in [-0.25, -0.2) is 0 Å². The molecule has 1 aromatic rings. The summed E-state index contributed by atoms with van der Waals surface area (Å²) in [6.07, 6.45) is 5.34. The molecule has 0 aromatic heterocycles. The third-order valence-electron chi connectivity index (χ3n) is 2.31. The van der Waals surface area contributed by atoms with Crippen LogP contribution in [0.2, 0.25) is 0 Å². The maximum atomic E-state index is 5.52. The maximum Gasteiger partial charge on any atom is 0.119 e. The van der Waals surface area contributed by atoms with Gasteiger partial charge in [0.05, 0.1) is 6.61 Å². The van der Waals surface area contributed by atoms with Crippen LogP contribution in [0.4, 0.5) is 0 Å². The van der Waals surface area contributed by atoms with Gasteiger partial charge in [-0.3, -0.25) is 0 Å². The topological polar surface area (TPSA) is 18.5 Å². The van der Waals surface area contributed by atoms with E-state index in [9.17, 15) is 0 Å². The second kappa shape index (κ2) is 4.29. The lowest BCUT2D eigenvalue weighted by molar-refractivity contribution is 0.146. The molecule has 0 atom stereocenters. The Balaban J connectivity index is 2.00. The Bertz CT molecular complexity index is 342. The monoisotopic (exact) mass is 190 g/mol. The zero-order valence-corrected chi connectivity index (χ0v) is 8.32. The minimum absolute atomic E-state index is 0.614. The molecule has 0 saturated heterocycles. The van der Waals surface area contributed by atoms with Gasteiger partial charge in [0.15, 0.2) is 0 Å². The number of ether oxygens (including phenoxy) is 2. The molecule has 1 aromatic carbocycles. The van der Waals surface area contributed by atoms with Gasteiger partial charge in [-0.1, -0.05) is 18.2 Å². The van der Waals surface area contributed by atoms with Crippen molar-refractivity contribution < 1.29 is 9.47 Å². The van der Waals surface area contributed by atoms with Gasteiger partial charge in [0.25, 0.3) is 0 Å². The van der Waals surface area contributed by atoms with Gasteiger partial charge in [-0.2, -0.15) is 0 Å². The smallest absolute Gasteiger partial charge is 0.119 e. The van der Waals surface area contributed by atoms with E-state index in [1.807, 2.05) is 6.07 Å². The lowest BCUT2D eigenvalue weighted by Gasteiger charge is -2.07. The molecular formula is C12H14O2. The van der Waals surface area contributed by atoms with E-state index in [0.717, 1.165) is 12.2 Å². The van der Waals surface area contributed by atoms with E-state index in [0.29, 0.717) is 13.2 Å². The lowest BCUT2D eigenvalue weighted by atomic mass is 10.1. The summed E-state index contributed by atoms with van der Waals surface area (Å²) in [5.41, 5.74) is 2.66. The quantitative estimate of drug-likeness (QED) is 0.678. The molecule has 0 spiro atoms. The summed E-state index contributed by atoms with van der Waals surface area (Å²) in [4.78, 5) is 0. The number of benzene rings is 1. The molecular weight excluding hydrogens is 176 g/mol. The highest BCUT2D eigenvalue weighted by molar-refractivity contribution is 5.61. The molecule has 0 bridgehead atoms. The molecule has 14 heavy (non-hydrogen) atoms. The summed E-state index contributed by atoms with van der Waals surface area (Å²) in [5, 5.41) is 0. The van der Waals surface area contributed by atoms with Crippen LogP contribution >= 0.6 is 0 Å². The molecule has 1 aliphatic rings. The fourth-order valence-electron chi connectivity index (χ4n) is 1.57. The minimum atomic E-state index is 0.614. The van der Waals surface area contributed by atoms with Crippen molar-refractivity contribution in [1.82, 2.24) is 0 Å². The Kier molecular flexibility index (Phi) is 2.84. The summed E-state index contributed by atoms with van der Waals surface area (Å²) in [5.74, 6) is 0.935. The van der Waals surface area contributed by atoms with E-state index in [1.54, 1.807) is 7.11 Å². The first-order valence-corrected chi connectivity index (χ1v) is 4.81. The first-order valence-electron chi connectivity index (χ1n) is 4.81. The van der Waals surface area contributed by atoms with Crippen LogP contribution in [0, 0.1) is 0 Å². The van der Waals surface area contributed by atoms with Crippen molar-refractivity contribution in [3.63, 3.8) is 0 Å². The van der Waals surface area contributed by atoms with E-state index in [2.05, 4.69) is 24.3 Å². The Morgan fingerprint density at radius 2 is 2.21 bits per heavy atom. The molecule has 0 saturated carbocycles. The summed E-state index contributed by atoms with van der Waals surface area (Å²) >= 11 is 0. The normalized spacial score (nSPS) is 12.9. The highest BCUT2D eigenvalue weighted by Crippen LogP contribution is 2.24. The number of allylic oxidation sites excluding steroid dienone is 1. The van der Waals surface area contributed by atoms with Crippen molar-refractivity contribution in [3.8, 4) is 5.75 Å². The van der Waals surface area contributed by atoms with Gasteiger partial charge in [0, 0.05) is 7.11 Å². The van der Waals surface area contributed by atoms with Crippen molar-refractivity contribution in [2.45, 2.75) is 6.42 Å². The molecule has 0 N–H and O–H groups in total. The summed E-state index contributed by atoms with van der Waals surface area (Å²) < 4.78 is 10.4. The minimum Gasteiger partial charge on any atom is -0.491 e. The Hall–Kier alpha value is -1.28.